The summed E-state index contributed by atoms with van der Waals surface area (Å²) in [6.07, 6.45) is 1.20. The summed E-state index contributed by atoms with van der Waals surface area (Å²) in [7, 11) is 1.33. The molecule has 0 aliphatic carbocycles. The van der Waals surface area contributed by atoms with Gasteiger partial charge in [-0.1, -0.05) is 49.4 Å². The lowest BCUT2D eigenvalue weighted by atomic mass is 9.97. The molecule has 0 fully saturated rings. The topological polar surface area (TPSA) is 111 Å². The summed E-state index contributed by atoms with van der Waals surface area (Å²) >= 11 is 3.34. The number of halogens is 1. The maximum absolute atomic E-state index is 12.1. The minimum atomic E-state index is -0.457. The highest BCUT2D eigenvalue weighted by Gasteiger charge is 2.25. The molecule has 34 heavy (non-hydrogen) atoms. The molecule has 0 aliphatic heterocycles. The first-order chi connectivity index (χ1) is 16.3. The van der Waals surface area contributed by atoms with Crippen LogP contribution in [0.5, 0.6) is 0 Å². The second-order valence-corrected chi connectivity index (χ2v) is 8.45. The van der Waals surface area contributed by atoms with Gasteiger partial charge in [0, 0.05) is 18.4 Å². The van der Waals surface area contributed by atoms with Crippen LogP contribution in [0.25, 0.3) is 11.1 Å². The van der Waals surface area contributed by atoms with Gasteiger partial charge < -0.3 is 10.1 Å². The normalized spacial score (nSPS) is 10.6. The molecule has 1 amide bonds. The van der Waals surface area contributed by atoms with Crippen molar-refractivity contribution in [3.8, 4) is 11.1 Å². The molecule has 0 saturated heterocycles. The number of nitrogens with zero attached hydrogens (tertiary/aromatic N) is 2. The number of amides is 1. The molecule has 0 radical (unpaired) electrons. The molecular formula is C25H24BrN3O5. The summed E-state index contributed by atoms with van der Waals surface area (Å²) in [4.78, 5) is 40.0. The van der Waals surface area contributed by atoms with E-state index in [0.717, 1.165) is 16.7 Å². The minimum absolute atomic E-state index is 0.0968. The van der Waals surface area contributed by atoms with Crippen LogP contribution < -0.4 is 5.32 Å². The fraction of sp³-hybridized carbons (Fsp3) is 0.240. The predicted octanol–water partition coefficient (Wildman–Crippen LogP) is 5.84. The zero-order chi connectivity index (χ0) is 24.8. The maximum atomic E-state index is 12.1. The molecule has 0 spiro atoms. The van der Waals surface area contributed by atoms with Crippen molar-refractivity contribution in [1.82, 2.24) is 4.98 Å². The van der Waals surface area contributed by atoms with Crippen LogP contribution in [-0.2, 0) is 16.0 Å². The molecule has 0 aliphatic rings. The Bertz CT molecular complexity index is 1240. The van der Waals surface area contributed by atoms with Crippen LogP contribution >= 0.6 is 15.9 Å². The van der Waals surface area contributed by atoms with Crippen LogP contribution in [0.2, 0.25) is 0 Å². The van der Waals surface area contributed by atoms with Crippen LogP contribution in [0.4, 0.5) is 11.5 Å². The minimum Gasteiger partial charge on any atom is -0.465 e. The Morgan fingerprint density at radius 1 is 1.15 bits per heavy atom. The van der Waals surface area contributed by atoms with Crippen molar-refractivity contribution in [2.45, 2.75) is 33.1 Å². The number of esters is 1. The van der Waals surface area contributed by atoms with Gasteiger partial charge in [-0.25, -0.2) is 9.78 Å². The molecule has 0 bridgehead atoms. The number of carbonyl (C=O) groups is 2. The van der Waals surface area contributed by atoms with Crippen LogP contribution in [0, 0.1) is 17.0 Å². The van der Waals surface area contributed by atoms with E-state index in [1.54, 1.807) is 19.1 Å². The molecular weight excluding hydrogens is 502 g/mol. The highest BCUT2D eigenvalue weighted by Crippen LogP contribution is 2.35. The smallest absolute Gasteiger partial charge is 0.338 e. The molecule has 3 rings (SSSR count). The third kappa shape index (κ3) is 5.48. The quantitative estimate of drug-likeness (QED) is 0.224. The number of hydrogen-bond donors (Lipinski definition) is 1. The molecule has 0 atom stereocenters. The lowest BCUT2D eigenvalue weighted by molar-refractivity contribution is -0.386. The highest BCUT2D eigenvalue weighted by atomic mass is 79.9. The van der Waals surface area contributed by atoms with E-state index in [1.165, 1.54) is 7.11 Å². The molecule has 2 aromatic carbocycles. The third-order valence-corrected chi connectivity index (χ3v) is 6.27. The highest BCUT2D eigenvalue weighted by molar-refractivity contribution is 9.10. The van der Waals surface area contributed by atoms with Crippen molar-refractivity contribution in [1.29, 1.82) is 0 Å². The van der Waals surface area contributed by atoms with Gasteiger partial charge in [-0.3, -0.25) is 14.9 Å². The van der Waals surface area contributed by atoms with E-state index >= 15 is 0 Å². The summed E-state index contributed by atoms with van der Waals surface area (Å²) in [5, 5.41) is 14.5. The average molecular weight is 526 g/mol. The van der Waals surface area contributed by atoms with Crippen molar-refractivity contribution in [2.24, 2.45) is 0 Å². The van der Waals surface area contributed by atoms with Crippen LogP contribution in [-0.4, -0.2) is 28.9 Å². The fourth-order valence-corrected chi connectivity index (χ4v) is 4.00. The number of anilines is 1. The molecule has 1 N–H and O–H groups in total. The zero-order valence-electron chi connectivity index (χ0n) is 19.1. The van der Waals surface area contributed by atoms with Crippen molar-refractivity contribution in [2.75, 3.05) is 12.4 Å². The SMILES string of the molecule is CCCC(=O)Nc1nc(Cc2ccc(-c3ccccc3C(=O)OC)cc2)c([N+](=O)[O-])c(C)c1Br. The number of methoxy groups -OCH3 is 1. The van der Waals surface area contributed by atoms with Gasteiger partial charge in [-0.15, -0.1) is 0 Å². The Morgan fingerprint density at radius 2 is 1.82 bits per heavy atom. The van der Waals surface area contributed by atoms with E-state index in [4.69, 9.17) is 4.74 Å². The monoisotopic (exact) mass is 525 g/mol. The maximum Gasteiger partial charge on any atom is 0.338 e. The molecule has 1 heterocycles. The van der Waals surface area contributed by atoms with E-state index < -0.39 is 10.9 Å². The first-order valence-electron chi connectivity index (χ1n) is 10.7. The molecule has 8 nitrogen and oxygen atoms in total. The zero-order valence-corrected chi connectivity index (χ0v) is 20.6. The second-order valence-electron chi connectivity index (χ2n) is 7.66. The van der Waals surface area contributed by atoms with Gasteiger partial charge in [-0.2, -0.15) is 0 Å². The average Bonchev–Trinajstić information content (AvgIpc) is 2.82. The van der Waals surface area contributed by atoms with Gasteiger partial charge >= 0.3 is 5.97 Å². The number of aromatic nitrogens is 1. The summed E-state index contributed by atoms with van der Waals surface area (Å²) in [5.74, 6) is -0.369. The number of hydrogen-bond acceptors (Lipinski definition) is 6. The summed E-state index contributed by atoms with van der Waals surface area (Å²) in [5.41, 5.74) is 3.33. The Kier molecular flexibility index (Phi) is 8.12. The lowest BCUT2D eigenvalue weighted by Gasteiger charge is -2.13. The first-order valence-corrected chi connectivity index (χ1v) is 11.5. The van der Waals surface area contributed by atoms with Crippen molar-refractivity contribution >= 4 is 39.3 Å². The number of nitrogens with one attached hydrogen (secondary N) is 1. The van der Waals surface area contributed by atoms with Crippen LogP contribution in [0.15, 0.2) is 53.0 Å². The number of carbonyl (C=O) groups excluding carboxylic acids is 2. The molecule has 3 aromatic rings. The summed E-state index contributed by atoms with van der Waals surface area (Å²) < 4.78 is 5.26. The number of ether oxygens (including phenoxy) is 1. The molecule has 0 saturated carbocycles. The summed E-state index contributed by atoms with van der Waals surface area (Å²) in [6.45, 7) is 3.51. The molecule has 176 valence electrons. The van der Waals surface area contributed by atoms with Crippen molar-refractivity contribution < 1.29 is 19.2 Å². The Hall–Kier alpha value is -3.59. The molecule has 9 heteroatoms. The van der Waals surface area contributed by atoms with E-state index in [2.05, 4.69) is 26.2 Å². The standard InChI is InChI=1S/C25H24BrN3O5/c1-4-7-21(30)28-24-22(26)15(2)23(29(32)33)20(27-24)14-16-10-12-17(13-11-16)18-8-5-6-9-19(18)25(31)34-3/h5-6,8-13H,4,7,14H2,1-3H3,(H,27,28,30). The molecule has 0 unspecified atom stereocenters. The first kappa shape index (κ1) is 25.0. The van der Waals surface area contributed by atoms with Gasteiger partial charge in [0.15, 0.2) is 0 Å². The third-order valence-electron chi connectivity index (χ3n) is 5.30. The predicted molar refractivity (Wildman–Crippen MR) is 133 cm³/mol. The number of pyridine rings is 1. The van der Waals surface area contributed by atoms with Crippen molar-refractivity contribution in [3.05, 3.63) is 85.5 Å². The second kappa shape index (κ2) is 11.0. The van der Waals surface area contributed by atoms with Crippen LogP contribution in [0.1, 0.15) is 46.9 Å². The van der Waals surface area contributed by atoms with Crippen molar-refractivity contribution in [3.63, 3.8) is 0 Å². The van der Waals surface area contributed by atoms with E-state index in [-0.39, 0.29) is 29.5 Å². The van der Waals surface area contributed by atoms with Gasteiger partial charge in [-0.05, 0) is 52.0 Å². The number of benzene rings is 2. The fourth-order valence-electron chi connectivity index (χ4n) is 3.62. The Morgan fingerprint density at radius 3 is 2.44 bits per heavy atom. The van der Waals surface area contributed by atoms with Gasteiger partial charge in [0.2, 0.25) is 5.91 Å². The van der Waals surface area contributed by atoms with E-state index in [9.17, 15) is 19.7 Å². The number of nitro groups is 1. The van der Waals surface area contributed by atoms with E-state index in [0.29, 0.717) is 28.4 Å². The van der Waals surface area contributed by atoms with Gasteiger partial charge in [0.05, 0.1) is 22.1 Å². The van der Waals surface area contributed by atoms with E-state index in [1.807, 2.05) is 43.3 Å². The lowest BCUT2D eigenvalue weighted by Crippen LogP contribution is -2.15. The van der Waals surface area contributed by atoms with Gasteiger partial charge in [0.1, 0.15) is 11.5 Å². The Labute approximate surface area is 205 Å². The molecule has 1 aromatic heterocycles. The van der Waals surface area contributed by atoms with Crippen LogP contribution in [0.3, 0.4) is 0 Å². The number of rotatable bonds is 8. The van der Waals surface area contributed by atoms with Gasteiger partial charge in [0.25, 0.3) is 5.69 Å². The summed E-state index contributed by atoms with van der Waals surface area (Å²) in [6, 6.07) is 14.5. The largest absolute Gasteiger partial charge is 0.465 e. The Balaban J connectivity index is 1.96.